The molecule has 15 heavy (non-hydrogen) atoms. The van der Waals surface area contributed by atoms with Crippen LogP contribution in [0.4, 0.5) is 0 Å². The predicted octanol–water partition coefficient (Wildman–Crippen LogP) is 4.25. The van der Waals surface area contributed by atoms with E-state index >= 15 is 0 Å². The zero-order valence-corrected chi connectivity index (χ0v) is 10.5. The molecule has 0 aliphatic heterocycles. The second kappa shape index (κ2) is 2.17. The first-order chi connectivity index (χ1) is 7.03. The molecule has 0 nitrogen and oxygen atoms in total. The smallest absolute Gasteiger partial charge is 0.0201 e. The van der Waals surface area contributed by atoms with Crippen molar-refractivity contribution in [3.05, 3.63) is 0 Å². The highest BCUT2D eigenvalue weighted by Gasteiger charge is 2.91. The lowest BCUT2D eigenvalue weighted by molar-refractivity contribution is 0.180. The standard InChI is InChI=1S/C15H24/c1-4-13(2,3)5-10-6-14-8-11(14)12-9-15(12,14)7-10/h10-12H,4-9H2,1-3H3. The van der Waals surface area contributed by atoms with Gasteiger partial charge in [0.1, 0.15) is 0 Å². The highest BCUT2D eigenvalue weighted by Crippen LogP contribution is 2.98. The van der Waals surface area contributed by atoms with Crippen LogP contribution in [0.25, 0.3) is 0 Å². The van der Waals surface area contributed by atoms with E-state index in [0.717, 1.165) is 16.7 Å². The van der Waals surface area contributed by atoms with Gasteiger partial charge in [-0.3, -0.25) is 0 Å². The van der Waals surface area contributed by atoms with E-state index in [0.29, 0.717) is 5.41 Å². The molecule has 0 bridgehead atoms. The van der Waals surface area contributed by atoms with Crippen LogP contribution in [0.2, 0.25) is 0 Å². The molecule has 4 unspecified atom stereocenters. The minimum atomic E-state index is 0.608. The first kappa shape index (κ1) is 9.07. The Labute approximate surface area is 93.8 Å². The summed E-state index contributed by atoms with van der Waals surface area (Å²) in [6, 6.07) is 0. The Morgan fingerprint density at radius 1 is 1.00 bits per heavy atom. The zero-order valence-electron chi connectivity index (χ0n) is 10.5. The van der Waals surface area contributed by atoms with E-state index in [1.165, 1.54) is 24.7 Å². The topological polar surface area (TPSA) is 0 Å². The highest BCUT2D eigenvalue weighted by atomic mass is 15.0. The lowest BCUT2D eigenvalue weighted by atomic mass is 9.75. The summed E-state index contributed by atoms with van der Waals surface area (Å²) in [7, 11) is 0. The third-order valence-corrected chi connectivity index (χ3v) is 6.85. The first-order valence-corrected chi connectivity index (χ1v) is 7.03. The summed E-state index contributed by atoms with van der Waals surface area (Å²) in [4.78, 5) is 0. The second-order valence-corrected chi connectivity index (χ2v) is 7.93. The largest absolute Gasteiger partial charge is 0.0649 e. The van der Waals surface area contributed by atoms with E-state index in [9.17, 15) is 0 Å². The molecule has 0 amide bonds. The van der Waals surface area contributed by atoms with Crippen molar-refractivity contribution in [1.29, 1.82) is 0 Å². The van der Waals surface area contributed by atoms with Crippen molar-refractivity contribution in [2.45, 2.75) is 59.3 Å². The Bertz CT molecular complexity index is 305. The zero-order chi connectivity index (χ0) is 10.5. The molecule has 4 fully saturated rings. The van der Waals surface area contributed by atoms with Crippen molar-refractivity contribution < 1.29 is 0 Å². The van der Waals surface area contributed by atoms with Gasteiger partial charge in [-0.05, 0) is 66.1 Å². The van der Waals surface area contributed by atoms with Gasteiger partial charge in [-0.1, -0.05) is 27.2 Å². The summed E-state index contributed by atoms with van der Waals surface area (Å²) in [5, 5.41) is 0. The molecule has 0 aromatic carbocycles. The van der Waals surface area contributed by atoms with Crippen molar-refractivity contribution in [3.63, 3.8) is 0 Å². The van der Waals surface area contributed by atoms with Crippen LogP contribution in [-0.4, -0.2) is 0 Å². The van der Waals surface area contributed by atoms with Crippen molar-refractivity contribution in [2.75, 3.05) is 0 Å². The molecule has 0 heterocycles. The van der Waals surface area contributed by atoms with Crippen LogP contribution >= 0.6 is 0 Å². The molecule has 4 atom stereocenters. The van der Waals surface area contributed by atoms with E-state index in [4.69, 9.17) is 0 Å². The molecule has 4 saturated carbocycles. The molecule has 84 valence electrons. The quantitative estimate of drug-likeness (QED) is 0.644. The number of hydrogen-bond donors (Lipinski definition) is 0. The van der Waals surface area contributed by atoms with E-state index in [1.807, 2.05) is 0 Å². The van der Waals surface area contributed by atoms with Gasteiger partial charge in [0, 0.05) is 0 Å². The van der Waals surface area contributed by atoms with E-state index in [2.05, 4.69) is 20.8 Å². The average Bonchev–Trinajstić information content (AvgIpc) is 2.93. The average molecular weight is 204 g/mol. The van der Waals surface area contributed by atoms with Crippen LogP contribution < -0.4 is 0 Å². The van der Waals surface area contributed by atoms with Crippen LogP contribution in [0, 0.1) is 34.0 Å². The molecule has 0 radical (unpaired) electrons. The van der Waals surface area contributed by atoms with Crippen LogP contribution in [0.15, 0.2) is 0 Å². The molecule has 0 heteroatoms. The Kier molecular flexibility index (Phi) is 1.31. The summed E-state index contributed by atoms with van der Waals surface area (Å²) in [6.07, 6.45) is 9.39. The summed E-state index contributed by atoms with van der Waals surface area (Å²) in [5.41, 5.74) is 2.51. The fourth-order valence-electron chi connectivity index (χ4n) is 5.82. The number of fused-ring (bicyclic) bond motifs is 1. The van der Waals surface area contributed by atoms with Crippen molar-refractivity contribution >= 4 is 0 Å². The van der Waals surface area contributed by atoms with Gasteiger partial charge in [-0.15, -0.1) is 0 Å². The van der Waals surface area contributed by atoms with Crippen LogP contribution in [0.1, 0.15) is 59.3 Å². The minimum absolute atomic E-state index is 0.608. The molecule has 2 spiro atoms. The summed E-state index contributed by atoms with van der Waals surface area (Å²) in [5.74, 6) is 3.55. The van der Waals surface area contributed by atoms with Crippen LogP contribution in [-0.2, 0) is 0 Å². The first-order valence-electron chi connectivity index (χ1n) is 7.03. The summed E-state index contributed by atoms with van der Waals surface area (Å²) in [6.45, 7) is 7.30. The lowest BCUT2D eigenvalue weighted by Crippen LogP contribution is -2.24. The number of hydrogen-bond acceptors (Lipinski definition) is 0. The maximum atomic E-state index is 2.47. The van der Waals surface area contributed by atoms with Gasteiger partial charge in [0.25, 0.3) is 0 Å². The fraction of sp³-hybridized carbons (Fsp3) is 1.00. The molecular formula is C15H24. The Hall–Kier alpha value is 0. The van der Waals surface area contributed by atoms with Crippen molar-refractivity contribution in [1.82, 2.24) is 0 Å². The minimum Gasteiger partial charge on any atom is -0.0649 e. The molecule has 4 aliphatic carbocycles. The van der Waals surface area contributed by atoms with E-state index in [-0.39, 0.29) is 0 Å². The Morgan fingerprint density at radius 3 is 1.93 bits per heavy atom. The maximum absolute atomic E-state index is 2.47. The summed E-state index contributed by atoms with van der Waals surface area (Å²) < 4.78 is 0. The Morgan fingerprint density at radius 2 is 1.53 bits per heavy atom. The van der Waals surface area contributed by atoms with Crippen LogP contribution in [0.5, 0.6) is 0 Å². The van der Waals surface area contributed by atoms with Gasteiger partial charge in [-0.25, -0.2) is 0 Å². The predicted molar refractivity (Wildman–Crippen MR) is 62.5 cm³/mol. The normalized spacial score (nSPS) is 59.0. The van der Waals surface area contributed by atoms with Gasteiger partial charge in [-0.2, -0.15) is 0 Å². The van der Waals surface area contributed by atoms with Gasteiger partial charge in [0.15, 0.2) is 0 Å². The molecule has 0 aromatic rings. The lowest BCUT2D eigenvalue weighted by Gasteiger charge is -2.29. The maximum Gasteiger partial charge on any atom is -0.0201 e. The highest BCUT2D eigenvalue weighted by molar-refractivity contribution is 5.39. The van der Waals surface area contributed by atoms with Gasteiger partial charge < -0.3 is 0 Å². The number of rotatable bonds is 3. The van der Waals surface area contributed by atoms with Gasteiger partial charge >= 0.3 is 0 Å². The SMILES string of the molecule is CCC(C)(C)CC1CC23CC2C2CC23C1. The Balaban J connectivity index is 1.49. The van der Waals surface area contributed by atoms with Gasteiger partial charge in [0.2, 0.25) is 0 Å². The summed E-state index contributed by atoms with van der Waals surface area (Å²) >= 11 is 0. The van der Waals surface area contributed by atoms with E-state index < -0.39 is 0 Å². The third kappa shape index (κ3) is 0.840. The van der Waals surface area contributed by atoms with Gasteiger partial charge in [0.05, 0.1) is 0 Å². The molecule has 0 N–H and O–H groups in total. The van der Waals surface area contributed by atoms with Crippen LogP contribution in [0.3, 0.4) is 0 Å². The fourth-order valence-corrected chi connectivity index (χ4v) is 5.82. The molecular weight excluding hydrogens is 180 g/mol. The molecule has 0 saturated heterocycles. The molecule has 4 rings (SSSR count). The monoisotopic (exact) mass is 204 g/mol. The van der Waals surface area contributed by atoms with Crippen molar-refractivity contribution in [2.24, 2.45) is 34.0 Å². The van der Waals surface area contributed by atoms with E-state index in [1.54, 1.807) is 25.7 Å². The third-order valence-electron chi connectivity index (χ3n) is 6.85. The second-order valence-electron chi connectivity index (χ2n) is 7.93. The molecule has 0 aromatic heterocycles. The van der Waals surface area contributed by atoms with Crippen molar-refractivity contribution in [3.8, 4) is 0 Å². The molecule has 4 aliphatic rings.